The Balaban J connectivity index is 1.30. The van der Waals surface area contributed by atoms with Crippen molar-refractivity contribution in [1.29, 1.82) is 0 Å². The van der Waals surface area contributed by atoms with Gasteiger partial charge in [-0.3, -0.25) is 24.3 Å². The van der Waals surface area contributed by atoms with E-state index in [1.165, 1.54) is 25.6 Å². The van der Waals surface area contributed by atoms with Crippen molar-refractivity contribution in [2.75, 3.05) is 19.5 Å². The van der Waals surface area contributed by atoms with Crippen LogP contribution in [-0.2, 0) is 4.79 Å². The maximum atomic E-state index is 13.9. The predicted octanol–water partition coefficient (Wildman–Crippen LogP) is 5.62. The topological polar surface area (TPSA) is 104 Å². The van der Waals surface area contributed by atoms with E-state index in [4.69, 9.17) is 14.2 Å². The van der Waals surface area contributed by atoms with Crippen LogP contribution in [0.2, 0.25) is 0 Å². The minimum atomic E-state index is -0.784. The molecule has 1 N–H and O–H groups in total. The lowest BCUT2D eigenvalue weighted by atomic mass is 10.1. The van der Waals surface area contributed by atoms with Crippen LogP contribution in [0, 0.1) is 0 Å². The second kappa shape index (κ2) is 9.06. The van der Waals surface area contributed by atoms with Gasteiger partial charge in [0.25, 0.3) is 11.5 Å². The van der Waals surface area contributed by atoms with Crippen molar-refractivity contribution in [2.45, 2.75) is 13.0 Å². The lowest BCUT2D eigenvalue weighted by Gasteiger charge is -2.14. The summed E-state index contributed by atoms with van der Waals surface area (Å²) in [5, 5.41) is 6.10. The number of hydrogen-bond acceptors (Lipinski definition) is 8. The van der Waals surface area contributed by atoms with Gasteiger partial charge in [-0.2, -0.15) is 0 Å². The standard InChI is InChI=1S/C30H22N4O5S/c1-15(28(35)33-30-32-20-6-4-5-7-23(20)40-30)39-16-8-10-21-19(14-16)17-12-13-31-25-18-9-11-22(37-2)27(38-3)24(18)29(36)34(21)26(17)25/h4-15H,1-3H3,(H,32,33,35)/t15-/m1/s1. The number of ether oxygens (including phenoxy) is 3. The van der Waals surface area contributed by atoms with Crippen LogP contribution in [0.25, 0.3) is 48.3 Å². The van der Waals surface area contributed by atoms with Crippen molar-refractivity contribution in [3.8, 4) is 17.2 Å². The van der Waals surface area contributed by atoms with Gasteiger partial charge in [-0.1, -0.05) is 23.5 Å². The van der Waals surface area contributed by atoms with Crippen LogP contribution in [0.3, 0.4) is 0 Å². The third-order valence-electron chi connectivity index (χ3n) is 7.07. The normalized spacial score (nSPS) is 12.5. The number of para-hydroxylation sites is 1. The van der Waals surface area contributed by atoms with Crippen molar-refractivity contribution < 1.29 is 19.0 Å². The molecule has 3 aromatic carbocycles. The van der Waals surface area contributed by atoms with Gasteiger partial charge >= 0.3 is 0 Å². The van der Waals surface area contributed by atoms with Gasteiger partial charge in [0.05, 0.1) is 46.4 Å². The van der Waals surface area contributed by atoms with Crippen molar-refractivity contribution in [3.05, 3.63) is 77.2 Å². The molecule has 0 aliphatic carbocycles. The predicted molar refractivity (Wildman–Crippen MR) is 157 cm³/mol. The lowest BCUT2D eigenvalue weighted by molar-refractivity contribution is -0.122. The number of fused-ring (bicyclic) bond motifs is 6. The summed E-state index contributed by atoms with van der Waals surface area (Å²) in [4.78, 5) is 35.9. The molecule has 1 atom stereocenters. The summed E-state index contributed by atoms with van der Waals surface area (Å²) in [6, 6.07) is 18.6. The Morgan fingerprint density at radius 2 is 1.85 bits per heavy atom. The van der Waals surface area contributed by atoms with Crippen molar-refractivity contribution in [2.24, 2.45) is 0 Å². The second-order valence-electron chi connectivity index (χ2n) is 9.33. The number of benzene rings is 3. The van der Waals surface area contributed by atoms with Gasteiger partial charge in [0.2, 0.25) is 0 Å². The van der Waals surface area contributed by atoms with E-state index in [1.807, 2.05) is 48.5 Å². The van der Waals surface area contributed by atoms with Crippen LogP contribution >= 0.6 is 11.3 Å². The summed E-state index contributed by atoms with van der Waals surface area (Å²) in [6.45, 7) is 1.69. The molecule has 0 saturated heterocycles. The van der Waals surface area contributed by atoms with Crippen LogP contribution in [0.1, 0.15) is 6.92 Å². The number of thiazole rings is 1. The van der Waals surface area contributed by atoms with Gasteiger partial charge < -0.3 is 14.2 Å². The fraction of sp³-hybridized carbons (Fsp3) is 0.133. The van der Waals surface area contributed by atoms with Crippen molar-refractivity contribution >= 4 is 70.7 Å². The molecule has 0 aliphatic heterocycles. The van der Waals surface area contributed by atoms with E-state index >= 15 is 0 Å². The Hall–Kier alpha value is -4.96. The Morgan fingerprint density at radius 1 is 1.00 bits per heavy atom. The largest absolute Gasteiger partial charge is 0.493 e. The van der Waals surface area contributed by atoms with Crippen LogP contribution in [0.5, 0.6) is 17.2 Å². The third kappa shape index (κ3) is 3.53. The number of nitrogens with zero attached hydrogens (tertiary/aromatic N) is 3. The summed E-state index contributed by atoms with van der Waals surface area (Å²) < 4.78 is 19.7. The minimum absolute atomic E-state index is 0.233. The zero-order valence-electron chi connectivity index (χ0n) is 21.7. The molecule has 0 fully saturated rings. The van der Waals surface area contributed by atoms with Gasteiger partial charge in [-0.05, 0) is 55.5 Å². The number of rotatable bonds is 6. The average Bonchev–Trinajstić information content (AvgIpc) is 3.53. The van der Waals surface area contributed by atoms with Gasteiger partial charge in [-0.25, -0.2) is 4.98 Å². The maximum Gasteiger partial charge on any atom is 0.267 e. The zero-order valence-corrected chi connectivity index (χ0v) is 22.5. The molecule has 0 unspecified atom stereocenters. The number of nitrogens with one attached hydrogen (secondary N) is 1. The molecule has 1 amide bonds. The number of carbonyl (C=O) groups excluding carboxylic acids is 1. The van der Waals surface area contributed by atoms with Gasteiger partial charge in [-0.15, -0.1) is 0 Å². The summed E-state index contributed by atoms with van der Waals surface area (Å²) in [6.07, 6.45) is 0.938. The minimum Gasteiger partial charge on any atom is -0.493 e. The number of pyridine rings is 2. The molecular weight excluding hydrogens is 528 g/mol. The highest BCUT2D eigenvalue weighted by molar-refractivity contribution is 7.22. The third-order valence-corrected chi connectivity index (χ3v) is 8.02. The molecule has 9 nitrogen and oxygen atoms in total. The van der Waals surface area contributed by atoms with Crippen LogP contribution < -0.4 is 25.1 Å². The molecule has 0 aliphatic rings. The monoisotopic (exact) mass is 550 g/mol. The van der Waals surface area contributed by atoms with Gasteiger partial charge in [0.1, 0.15) is 5.75 Å². The quantitative estimate of drug-likeness (QED) is 0.268. The number of anilines is 1. The van der Waals surface area contributed by atoms with E-state index in [2.05, 4.69) is 15.3 Å². The molecule has 40 heavy (non-hydrogen) atoms. The van der Waals surface area contributed by atoms with E-state index in [-0.39, 0.29) is 11.5 Å². The van der Waals surface area contributed by atoms with Crippen LogP contribution in [-0.4, -0.2) is 40.6 Å². The zero-order chi connectivity index (χ0) is 27.5. The van der Waals surface area contributed by atoms with Crippen LogP contribution in [0.4, 0.5) is 5.13 Å². The SMILES string of the molecule is COc1ccc2c(c1OC)c(=O)n1c3ccc(O[C@H](C)C(=O)Nc4nc5ccccc5s4)cc3c3ccnc2c31. The van der Waals surface area contributed by atoms with E-state index < -0.39 is 6.10 Å². The number of carbonyl (C=O) groups is 1. The number of hydrogen-bond donors (Lipinski definition) is 1. The first-order chi connectivity index (χ1) is 19.5. The van der Waals surface area contributed by atoms with E-state index in [0.717, 1.165) is 21.0 Å². The molecule has 7 rings (SSSR count). The highest BCUT2D eigenvalue weighted by Gasteiger charge is 2.23. The number of methoxy groups -OCH3 is 2. The number of amides is 1. The summed E-state index contributed by atoms with van der Waals surface area (Å²) in [7, 11) is 3.05. The Morgan fingerprint density at radius 3 is 2.65 bits per heavy atom. The molecule has 4 heterocycles. The molecule has 0 saturated carbocycles. The Kier molecular flexibility index (Phi) is 5.46. The molecule has 198 valence electrons. The van der Waals surface area contributed by atoms with Gasteiger partial charge in [0.15, 0.2) is 22.7 Å². The molecule has 4 aromatic heterocycles. The second-order valence-corrected chi connectivity index (χ2v) is 10.4. The van der Waals surface area contributed by atoms with Crippen molar-refractivity contribution in [1.82, 2.24) is 14.4 Å². The first-order valence-electron chi connectivity index (χ1n) is 12.5. The molecule has 0 spiro atoms. The molecule has 10 heteroatoms. The molecule has 7 aromatic rings. The summed E-state index contributed by atoms with van der Waals surface area (Å²) >= 11 is 1.41. The smallest absolute Gasteiger partial charge is 0.267 e. The molecular formula is C30H22N4O5S. The average molecular weight is 551 g/mol. The Bertz CT molecular complexity index is 2140. The Labute approximate surface area is 230 Å². The highest BCUT2D eigenvalue weighted by atomic mass is 32.1. The van der Waals surface area contributed by atoms with Crippen molar-refractivity contribution in [3.63, 3.8) is 0 Å². The van der Waals surface area contributed by atoms with E-state index in [0.29, 0.717) is 49.7 Å². The lowest BCUT2D eigenvalue weighted by Crippen LogP contribution is -2.30. The fourth-order valence-corrected chi connectivity index (χ4v) is 6.13. The van der Waals surface area contributed by atoms with E-state index in [1.54, 1.807) is 29.7 Å². The maximum absolute atomic E-state index is 13.9. The molecule has 0 radical (unpaired) electrons. The molecule has 0 bridgehead atoms. The van der Waals surface area contributed by atoms with Gasteiger partial charge in [0, 0.05) is 22.4 Å². The first kappa shape index (κ1) is 24.1. The first-order valence-corrected chi connectivity index (χ1v) is 13.4. The van der Waals surface area contributed by atoms with Crippen LogP contribution in [0.15, 0.2) is 71.7 Å². The summed E-state index contributed by atoms with van der Waals surface area (Å²) in [5.74, 6) is 1.03. The van der Waals surface area contributed by atoms with E-state index in [9.17, 15) is 9.59 Å². The number of aromatic nitrogens is 3. The fourth-order valence-electron chi connectivity index (χ4n) is 5.26. The summed E-state index contributed by atoms with van der Waals surface area (Å²) in [5.41, 5.74) is 2.68. The highest BCUT2D eigenvalue weighted by Crippen LogP contribution is 2.39.